The molecule has 5 heteroatoms. The van der Waals surface area contributed by atoms with E-state index in [0.29, 0.717) is 16.8 Å². The van der Waals surface area contributed by atoms with Gasteiger partial charge in [0.2, 0.25) is 0 Å². The van der Waals surface area contributed by atoms with E-state index in [0.717, 1.165) is 0 Å². The molecule has 5 nitrogen and oxygen atoms in total. The number of rotatable bonds is 4. The molecule has 0 aromatic heterocycles. The molecule has 2 aromatic carbocycles. The second-order valence-corrected chi connectivity index (χ2v) is 5.36. The second-order valence-electron chi connectivity index (χ2n) is 5.36. The number of esters is 1. The summed E-state index contributed by atoms with van der Waals surface area (Å²) in [6.45, 7) is 1.86. The predicted octanol–water partition coefficient (Wildman–Crippen LogP) is 2.17. The second kappa shape index (κ2) is 5.85. The van der Waals surface area contributed by atoms with E-state index in [1.807, 2.05) is 0 Å². The lowest BCUT2D eigenvalue weighted by molar-refractivity contribution is -0.158. The molecule has 0 bridgehead atoms. The normalized spacial score (nSPS) is 20.5. The maximum atomic E-state index is 12.5. The van der Waals surface area contributed by atoms with E-state index >= 15 is 0 Å². The molecule has 23 heavy (non-hydrogen) atoms. The SMILES string of the molecule is CCOC(=O)C(c1ccccc1)C1(O)C(=O)Nc2ccccc21. The molecular weight excluding hydrogens is 294 g/mol. The number of nitrogens with one attached hydrogen (secondary N) is 1. The molecule has 118 valence electrons. The van der Waals surface area contributed by atoms with Crippen LogP contribution in [0.15, 0.2) is 54.6 Å². The zero-order valence-corrected chi connectivity index (χ0v) is 12.7. The molecule has 0 radical (unpaired) electrons. The summed E-state index contributed by atoms with van der Waals surface area (Å²) in [4.78, 5) is 25.0. The average molecular weight is 311 g/mol. The van der Waals surface area contributed by atoms with Crippen molar-refractivity contribution in [2.75, 3.05) is 11.9 Å². The first kappa shape index (κ1) is 15.2. The Labute approximate surface area is 133 Å². The fourth-order valence-corrected chi connectivity index (χ4v) is 2.97. The van der Waals surface area contributed by atoms with Gasteiger partial charge >= 0.3 is 5.97 Å². The van der Waals surface area contributed by atoms with Crippen molar-refractivity contribution in [1.82, 2.24) is 0 Å². The maximum Gasteiger partial charge on any atom is 0.317 e. The van der Waals surface area contributed by atoms with Gasteiger partial charge in [-0.25, -0.2) is 0 Å². The van der Waals surface area contributed by atoms with Crippen molar-refractivity contribution < 1.29 is 19.4 Å². The summed E-state index contributed by atoms with van der Waals surface area (Å²) in [6.07, 6.45) is 0. The van der Waals surface area contributed by atoms with Crippen LogP contribution >= 0.6 is 0 Å². The molecule has 1 heterocycles. The Balaban J connectivity index is 2.16. The number of para-hydroxylation sites is 1. The van der Waals surface area contributed by atoms with Crippen molar-refractivity contribution in [3.8, 4) is 0 Å². The van der Waals surface area contributed by atoms with Crippen molar-refractivity contribution in [3.63, 3.8) is 0 Å². The van der Waals surface area contributed by atoms with Gasteiger partial charge < -0.3 is 15.2 Å². The third-order valence-corrected chi connectivity index (χ3v) is 4.01. The van der Waals surface area contributed by atoms with Crippen LogP contribution in [0.2, 0.25) is 0 Å². The van der Waals surface area contributed by atoms with E-state index in [1.54, 1.807) is 61.5 Å². The number of hydrogen-bond acceptors (Lipinski definition) is 4. The maximum absolute atomic E-state index is 12.5. The molecule has 1 aliphatic rings. The van der Waals surface area contributed by atoms with E-state index in [4.69, 9.17) is 4.74 Å². The van der Waals surface area contributed by atoms with Crippen molar-refractivity contribution in [2.45, 2.75) is 18.4 Å². The highest BCUT2D eigenvalue weighted by Crippen LogP contribution is 2.45. The third kappa shape index (κ3) is 2.39. The summed E-state index contributed by atoms with van der Waals surface area (Å²) in [5.74, 6) is -2.39. The van der Waals surface area contributed by atoms with E-state index in [1.165, 1.54) is 0 Å². The van der Waals surface area contributed by atoms with Gasteiger partial charge in [-0.15, -0.1) is 0 Å². The Kier molecular flexibility index (Phi) is 3.88. The minimum Gasteiger partial charge on any atom is -0.465 e. The van der Waals surface area contributed by atoms with E-state index in [-0.39, 0.29) is 6.61 Å². The molecule has 3 rings (SSSR count). The number of carbonyl (C=O) groups is 2. The lowest BCUT2D eigenvalue weighted by Gasteiger charge is -2.29. The number of anilines is 1. The monoisotopic (exact) mass is 311 g/mol. The van der Waals surface area contributed by atoms with Crippen LogP contribution in [0.1, 0.15) is 24.0 Å². The number of benzene rings is 2. The molecule has 1 amide bonds. The number of fused-ring (bicyclic) bond motifs is 1. The van der Waals surface area contributed by atoms with Gasteiger partial charge in [0, 0.05) is 11.3 Å². The number of aliphatic hydroxyl groups is 1. The van der Waals surface area contributed by atoms with Crippen LogP contribution in [0.25, 0.3) is 0 Å². The molecule has 0 aliphatic carbocycles. The van der Waals surface area contributed by atoms with Crippen molar-refractivity contribution in [3.05, 3.63) is 65.7 Å². The minimum absolute atomic E-state index is 0.168. The molecule has 0 saturated carbocycles. The Morgan fingerprint density at radius 2 is 1.83 bits per heavy atom. The highest BCUT2D eigenvalue weighted by molar-refractivity contribution is 6.08. The molecule has 1 aliphatic heterocycles. The Morgan fingerprint density at radius 3 is 2.52 bits per heavy atom. The van der Waals surface area contributed by atoms with Gasteiger partial charge in [-0.1, -0.05) is 48.5 Å². The van der Waals surface area contributed by atoms with Gasteiger partial charge in [0.25, 0.3) is 5.91 Å². The molecule has 2 unspecified atom stereocenters. The highest BCUT2D eigenvalue weighted by atomic mass is 16.5. The van der Waals surface area contributed by atoms with E-state index in [2.05, 4.69) is 5.32 Å². The first-order chi connectivity index (χ1) is 11.1. The Hall–Kier alpha value is -2.66. The van der Waals surface area contributed by atoms with Crippen LogP contribution in [-0.2, 0) is 19.9 Å². The molecular formula is C18H17NO4. The van der Waals surface area contributed by atoms with Gasteiger partial charge in [0.1, 0.15) is 5.92 Å². The molecule has 2 aromatic rings. The molecule has 2 atom stereocenters. The number of ether oxygens (including phenoxy) is 1. The van der Waals surface area contributed by atoms with Crippen LogP contribution in [0, 0.1) is 0 Å². The summed E-state index contributed by atoms with van der Waals surface area (Å²) in [6, 6.07) is 15.5. The summed E-state index contributed by atoms with van der Waals surface area (Å²) < 4.78 is 5.12. The largest absolute Gasteiger partial charge is 0.465 e. The molecule has 0 spiro atoms. The van der Waals surface area contributed by atoms with Gasteiger partial charge in [0.05, 0.1) is 6.61 Å². The van der Waals surface area contributed by atoms with Crippen molar-refractivity contribution >= 4 is 17.6 Å². The fraction of sp³-hybridized carbons (Fsp3) is 0.222. The first-order valence-electron chi connectivity index (χ1n) is 7.44. The lowest BCUT2D eigenvalue weighted by Crippen LogP contribution is -2.44. The van der Waals surface area contributed by atoms with Crippen LogP contribution in [0.3, 0.4) is 0 Å². The Bertz CT molecular complexity index is 744. The van der Waals surface area contributed by atoms with Gasteiger partial charge in [0.15, 0.2) is 5.60 Å². The zero-order chi connectivity index (χ0) is 16.4. The lowest BCUT2D eigenvalue weighted by atomic mass is 9.78. The van der Waals surface area contributed by atoms with Gasteiger partial charge in [-0.3, -0.25) is 9.59 Å². The van der Waals surface area contributed by atoms with Crippen LogP contribution in [0.4, 0.5) is 5.69 Å². The van der Waals surface area contributed by atoms with Crippen molar-refractivity contribution in [1.29, 1.82) is 0 Å². The van der Waals surface area contributed by atoms with E-state index < -0.39 is 23.4 Å². The minimum atomic E-state index is -2.00. The summed E-state index contributed by atoms with van der Waals surface area (Å²) in [5.41, 5.74) is -0.582. The fourth-order valence-electron chi connectivity index (χ4n) is 2.97. The number of carbonyl (C=O) groups excluding carboxylic acids is 2. The first-order valence-corrected chi connectivity index (χ1v) is 7.44. The number of hydrogen-bond donors (Lipinski definition) is 2. The van der Waals surface area contributed by atoms with Gasteiger partial charge in [-0.2, -0.15) is 0 Å². The standard InChI is InChI=1S/C18H17NO4/c1-2-23-16(20)15(12-8-4-3-5-9-12)18(22)13-10-6-7-11-14(13)19-17(18)21/h3-11,15,22H,2H2,1H3,(H,19,21). The molecule has 0 saturated heterocycles. The van der Waals surface area contributed by atoms with E-state index in [9.17, 15) is 14.7 Å². The van der Waals surface area contributed by atoms with Crippen molar-refractivity contribution in [2.24, 2.45) is 0 Å². The highest BCUT2D eigenvalue weighted by Gasteiger charge is 2.55. The smallest absolute Gasteiger partial charge is 0.317 e. The third-order valence-electron chi connectivity index (χ3n) is 4.01. The quantitative estimate of drug-likeness (QED) is 0.849. The predicted molar refractivity (Wildman–Crippen MR) is 84.8 cm³/mol. The average Bonchev–Trinajstić information content (AvgIpc) is 2.81. The summed E-state index contributed by atoms with van der Waals surface area (Å²) in [7, 11) is 0. The molecule has 2 N–H and O–H groups in total. The summed E-state index contributed by atoms with van der Waals surface area (Å²) >= 11 is 0. The summed E-state index contributed by atoms with van der Waals surface area (Å²) in [5, 5.41) is 13.8. The van der Waals surface area contributed by atoms with Crippen LogP contribution in [-0.4, -0.2) is 23.6 Å². The molecule has 0 fully saturated rings. The van der Waals surface area contributed by atoms with Crippen LogP contribution < -0.4 is 5.32 Å². The number of amides is 1. The Morgan fingerprint density at radius 1 is 1.17 bits per heavy atom. The zero-order valence-electron chi connectivity index (χ0n) is 12.7. The van der Waals surface area contributed by atoms with Crippen LogP contribution in [0.5, 0.6) is 0 Å². The topological polar surface area (TPSA) is 75.6 Å². The van der Waals surface area contributed by atoms with Gasteiger partial charge in [-0.05, 0) is 18.6 Å².